The van der Waals surface area contributed by atoms with Crippen molar-refractivity contribution < 1.29 is 4.74 Å². The number of hydrogen-bond acceptors (Lipinski definition) is 3. The van der Waals surface area contributed by atoms with Crippen LogP contribution in [0.5, 0.6) is 0 Å². The lowest BCUT2D eigenvalue weighted by atomic mass is 9.80. The van der Waals surface area contributed by atoms with Gasteiger partial charge >= 0.3 is 0 Å². The maximum atomic E-state index is 5.54. The Labute approximate surface area is 119 Å². The predicted molar refractivity (Wildman–Crippen MR) is 80.6 cm³/mol. The Morgan fingerprint density at radius 2 is 1.84 bits per heavy atom. The van der Waals surface area contributed by atoms with Gasteiger partial charge in [-0.05, 0) is 52.6 Å². The fraction of sp³-hybridized carbons (Fsp3) is 1.00. The molecule has 0 amide bonds. The van der Waals surface area contributed by atoms with E-state index in [0.717, 1.165) is 6.54 Å². The molecule has 2 saturated carbocycles. The van der Waals surface area contributed by atoms with E-state index in [4.69, 9.17) is 4.74 Å². The van der Waals surface area contributed by atoms with Gasteiger partial charge in [-0.3, -0.25) is 0 Å². The molecule has 3 heteroatoms. The third kappa shape index (κ3) is 3.93. The molecule has 2 aliphatic carbocycles. The van der Waals surface area contributed by atoms with Crippen molar-refractivity contribution in [3.8, 4) is 0 Å². The molecule has 2 unspecified atom stereocenters. The molecule has 0 aliphatic heterocycles. The third-order valence-electron chi connectivity index (χ3n) is 5.41. The SMILES string of the molecule is COC1CCCC(NCC2(N(C)C)CCCCC2)C1. The molecule has 0 aromatic heterocycles. The lowest BCUT2D eigenvalue weighted by Gasteiger charge is -2.44. The molecule has 0 bridgehead atoms. The molecular formula is C16H32N2O. The van der Waals surface area contributed by atoms with Crippen LogP contribution in [0.4, 0.5) is 0 Å². The predicted octanol–water partition coefficient (Wildman–Crippen LogP) is 2.80. The van der Waals surface area contributed by atoms with Crippen LogP contribution in [-0.4, -0.2) is 50.3 Å². The van der Waals surface area contributed by atoms with Crippen LogP contribution in [0.1, 0.15) is 57.8 Å². The summed E-state index contributed by atoms with van der Waals surface area (Å²) in [5.74, 6) is 0. The Bertz CT molecular complexity index is 261. The average molecular weight is 268 g/mol. The Morgan fingerprint density at radius 3 is 2.47 bits per heavy atom. The fourth-order valence-electron chi connectivity index (χ4n) is 3.87. The molecule has 2 fully saturated rings. The summed E-state index contributed by atoms with van der Waals surface area (Å²) in [4.78, 5) is 2.47. The maximum absolute atomic E-state index is 5.54. The lowest BCUT2D eigenvalue weighted by Crippen LogP contribution is -2.55. The van der Waals surface area contributed by atoms with Crippen LogP contribution < -0.4 is 5.32 Å². The zero-order valence-electron chi connectivity index (χ0n) is 13.1. The highest BCUT2D eigenvalue weighted by atomic mass is 16.5. The first-order valence-corrected chi connectivity index (χ1v) is 8.10. The molecule has 0 aromatic carbocycles. The van der Waals surface area contributed by atoms with Gasteiger partial charge in [-0.2, -0.15) is 0 Å². The summed E-state index contributed by atoms with van der Waals surface area (Å²) < 4.78 is 5.54. The highest BCUT2D eigenvalue weighted by molar-refractivity contribution is 4.94. The molecule has 112 valence electrons. The van der Waals surface area contributed by atoms with Crippen LogP contribution in [-0.2, 0) is 4.74 Å². The highest BCUT2D eigenvalue weighted by Crippen LogP contribution is 2.32. The maximum Gasteiger partial charge on any atom is 0.0586 e. The van der Waals surface area contributed by atoms with E-state index >= 15 is 0 Å². The van der Waals surface area contributed by atoms with Crippen LogP contribution in [0.25, 0.3) is 0 Å². The second kappa shape index (κ2) is 7.05. The van der Waals surface area contributed by atoms with E-state index in [2.05, 4.69) is 24.3 Å². The average Bonchev–Trinajstić information content (AvgIpc) is 2.46. The summed E-state index contributed by atoms with van der Waals surface area (Å²) in [5.41, 5.74) is 0.401. The second-order valence-corrected chi connectivity index (χ2v) is 6.78. The van der Waals surface area contributed by atoms with Gasteiger partial charge in [0.25, 0.3) is 0 Å². The monoisotopic (exact) mass is 268 g/mol. The van der Waals surface area contributed by atoms with Crippen molar-refractivity contribution >= 4 is 0 Å². The first kappa shape index (κ1) is 15.3. The van der Waals surface area contributed by atoms with Crippen molar-refractivity contribution in [3.05, 3.63) is 0 Å². The highest BCUT2D eigenvalue weighted by Gasteiger charge is 2.35. The van der Waals surface area contributed by atoms with E-state index in [0.29, 0.717) is 17.7 Å². The van der Waals surface area contributed by atoms with Gasteiger partial charge in [0.2, 0.25) is 0 Å². The van der Waals surface area contributed by atoms with E-state index in [1.807, 2.05) is 7.11 Å². The van der Waals surface area contributed by atoms with Gasteiger partial charge in [0.05, 0.1) is 6.10 Å². The Kier molecular flexibility index (Phi) is 5.67. The largest absolute Gasteiger partial charge is 0.381 e. The standard InChI is InChI=1S/C16H32N2O/c1-18(2)16(10-5-4-6-11-16)13-17-14-8-7-9-15(12-14)19-3/h14-15,17H,4-13H2,1-3H3. The second-order valence-electron chi connectivity index (χ2n) is 6.78. The van der Waals surface area contributed by atoms with Gasteiger partial charge in [0.15, 0.2) is 0 Å². The topological polar surface area (TPSA) is 24.5 Å². The summed E-state index contributed by atoms with van der Waals surface area (Å²) in [6.45, 7) is 1.15. The number of likely N-dealkylation sites (N-methyl/N-ethyl adjacent to an activating group) is 1. The zero-order valence-corrected chi connectivity index (χ0v) is 13.1. The smallest absolute Gasteiger partial charge is 0.0586 e. The summed E-state index contributed by atoms with van der Waals surface area (Å²) >= 11 is 0. The third-order valence-corrected chi connectivity index (χ3v) is 5.41. The summed E-state index contributed by atoms with van der Waals surface area (Å²) in [6.07, 6.45) is 12.5. The van der Waals surface area contributed by atoms with Gasteiger partial charge in [0, 0.05) is 25.2 Å². The van der Waals surface area contributed by atoms with Crippen molar-refractivity contribution in [1.82, 2.24) is 10.2 Å². The first-order chi connectivity index (χ1) is 9.16. The lowest BCUT2D eigenvalue weighted by molar-refractivity contribution is 0.0497. The summed E-state index contributed by atoms with van der Waals surface area (Å²) in [6, 6.07) is 0.664. The molecule has 0 heterocycles. The number of rotatable bonds is 5. The minimum absolute atomic E-state index is 0.401. The summed E-state index contributed by atoms with van der Waals surface area (Å²) in [5, 5.41) is 3.86. The van der Waals surface area contributed by atoms with Crippen molar-refractivity contribution in [2.45, 2.75) is 75.5 Å². The van der Waals surface area contributed by atoms with Crippen molar-refractivity contribution in [1.29, 1.82) is 0 Å². The number of nitrogens with one attached hydrogen (secondary N) is 1. The fourth-order valence-corrected chi connectivity index (χ4v) is 3.87. The van der Waals surface area contributed by atoms with E-state index in [9.17, 15) is 0 Å². The van der Waals surface area contributed by atoms with Gasteiger partial charge in [-0.25, -0.2) is 0 Å². The molecule has 0 spiro atoms. The van der Waals surface area contributed by atoms with Crippen LogP contribution in [0.15, 0.2) is 0 Å². The number of hydrogen-bond donors (Lipinski definition) is 1. The van der Waals surface area contributed by atoms with Crippen LogP contribution >= 0.6 is 0 Å². The number of ether oxygens (including phenoxy) is 1. The Hall–Kier alpha value is -0.120. The van der Waals surface area contributed by atoms with Crippen molar-refractivity contribution in [3.63, 3.8) is 0 Å². The molecule has 19 heavy (non-hydrogen) atoms. The molecule has 2 atom stereocenters. The molecule has 2 aliphatic rings. The Balaban J connectivity index is 1.84. The van der Waals surface area contributed by atoms with Gasteiger partial charge in [0.1, 0.15) is 0 Å². The van der Waals surface area contributed by atoms with Crippen molar-refractivity contribution in [2.24, 2.45) is 0 Å². The van der Waals surface area contributed by atoms with E-state index in [-0.39, 0.29) is 0 Å². The quantitative estimate of drug-likeness (QED) is 0.830. The minimum atomic E-state index is 0.401. The van der Waals surface area contributed by atoms with Gasteiger partial charge in [-0.1, -0.05) is 19.3 Å². The van der Waals surface area contributed by atoms with Gasteiger partial charge < -0.3 is 15.0 Å². The van der Waals surface area contributed by atoms with Crippen LogP contribution in [0, 0.1) is 0 Å². The molecule has 2 rings (SSSR count). The molecule has 1 N–H and O–H groups in total. The van der Waals surface area contributed by atoms with E-state index in [1.165, 1.54) is 57.8 Å². The first-order valence-electron chi connectivity index (χ1n) is 8.10. The van der Waals surface area contributed by atoms with Crippen LogP contribution in [0.2, 0.25) is 0 Å². The Morgan fingerprint density at radius 1 is 1.11 bits per heavy atom. The zero-order chi connectivity index (χ0) is 13.7. The van der Waals surface area contributed by atoms with Crippen molar-refractivity contribution in [2.75, 3.05) is 27.7 Å². The van der Waals surface area contributed by atoms with Gasteiger partial charge in [-0.15, -0.1) is 0 Å². The molecular weight excluding hydrogens is 236 g/mol. The number of nitrogens with zero attached hydrogens (tertiary/aromatic N) is 1. The molecule has 0 aromatic rings. The van der Waals surface area contributed by atoms with Crippen LogP contribution in [0.3, 0.4) is 0 Å². The van der Waals surface area contributed by atoms with E-state index < -0.39 is 0 Å². The summed E-state index contributed by atoms with van der Waals surface area (Å²) in [7, 11) is 6.37. The molecule has 0 radical (unpaired) electrons. The van der Waals surface area contributed by atoms with E-state index in [1.54, 1.807) is 0 Å². The molecule has 0 saturated heterocycles. The minimum Gasteiger partial charge on any atom is -0.381 e. The normalized spacial score (nSPS) is 31.6. The number of methoxy groups -OCH3 is 1. The molecule has 3 nitrogen and oxygen atoms in total.